The molecule has 11 heteroatoms. The molecule has 8 nitrogen and oxygen atoms in total. The molecule has 0 atom stereocenters. The van der Waals surface area contributed by atoms with Gasteiger partial charge in [0.2, 0.25) is 0 Å². The first-order valence-electron chi connectivity index (χ1n) is 7.70. The van der Waals surface area contributed by atoms with Gasteiger partial charge in [0.1, 0.15) is 5.75 Å². The quantitative estimate of drug-likeness (QED) is 0.468. The Bertz CT molecular complexity index is 1030. The van der Waals surface area contributed by atoms with Crippen LogP contribution in [0.25, 0.3) is 5.52 Å². The lowest BCUT2D eigenvalue weighted by Gasteiger charge is -2.12. The molecule has 3 heterocycles. The number of carbonyl (C=O) groups excluding carboxylic acids is 2. The molecule has 0 spiro atoms. The summed E-state index contributed by atoms with van der Waals surface area (Å²) >= 11 is 0. The Morgan fingerprint density at radius 1 is 1.32 bits per heavy atom. The number of hydrogen-bond donors (Lipinski definition) is 0. The van der Waals surface area contributed by atoms with Crippen LogP contribution in [0.2, 0.25) is 0 Å². The molecule has 0 aromatic carbocycles. The van der Waals surface area contributed by atoms with E-state index in [4.69, 9.17) is 9.47 Å². The monoisotopic (exact) mass is 395 g/mol. The van der Waals surface area contributed by atoms with Crippen molar-refractivity contribution in [2.45, 2.75) is 6.18 Å². The second kappa shape index (κ2) is 7.55. The summed E-state index contributed by atoms with van der Waals surface area (Å²) in [7, 11) is 1.15. The second-order valence-electron chi connectivity index (χ2n) is 5.38. The molecular weight excluding hydrogens is 383 g/mol. The Morgan fingerprint density at radius 3 is 2.79 bits per heavy atom. The van der Waals surface area contributed by atoms with Crippen LogP contribution >= 0.6 is 0 Å². The summed E-state index contributed by atoms with van der Waals surface area (Å²) in [5, 5.41) is 3.97. The summed E-state index contributed by atoms with van der Waals surface area (Å²) < 4.78 is 53.2. The minimum absolute atomic E-state index is 0.0214. The number of pyridine rings is 2. The van der Waals surface area contributed by atoms with Crippen molar-refractivity contribution in [2.24, 2.45) is 0 Å². The third-order valence-electron chi connectivity index (χ3n) is 3.48. The number of rotatable bonds is 6. The number of halogens is 3. The summed E-state index contributed by atoms with van der Waals surface area (Å²) in [6, 6.07) is 5.48. The van der Waals surface area contributed by atoms with E-state index in [-0.39, 0.29) is 34.2 Å². The molecule has 0 saturated carbocycles. The highest BCUT2D eigenvalue weighted by Crippen LogP contribution is 2.31. The second-order valence-corrected chi connectivity index (χ2v) is 5.38. The number of ether oxygens (including phenoxy) is 3. The molecule has 0 saturated heterocycles. The molecule has 3 aromatic rings. The molecule has 3 aromatic heterocycles. The highest BCUT2D eigenvalue weighted by atomic mass is 19.4. The number of alkyl halides is 3. The lowest BCUT2D eigenvalue weighted by molar-refractivity contribution is -0.153. The minimum atomic E-state index is -4.52. The predicted molar refractivity (Wildman–Crippen MR) is 87.8 cm³/mol. The summed E-state index contributed by atoms with van der Waals surface area (Å²) in [5.41, 5.74) is 0.0372. The first kappa shape index (κ1) is 19.1. The van der Waals surface area contributed by atoms with Crippen molar-refractivity contribution in [1.29, 1.82) is 0 Å². The lowest BCUT2D eigenvalue weighted by Crippen LogP contribution is -2.19. The van der Waals surface area contributed by atoms with Crippen molar-refractivity contribution in [1.82, 2.24) is 14.6 Å². The van der Waals surface area contributed by atoms with E-state index < -0.39 is 18.8 Å². The molecule has 0 bridgehead atoms. The zero-order valence-electron chi connectivity index (χ0n) is 14.3. The SMILES string of the molecule is COC(=O)c1nn2ccc(Oc3ncccc3OCC(F)(F)F)cc2c1C=O. The van der Waals surface area contributed by atoms with E-state index in [2.05, 4.69) is 14.8 Å². The minimum Gasteiger partial charge on any atom is -0.478 e. The zero-order chi connectivity index (χ0) is 20.3. The number of carbonyl (C=O) groups is 2. The van der Waals surface area contributed by atoms with Crippen molar-refractivity contribution in [3.63, 3.8) is 0 Å². The predicted octanol–water partition coefficient (Wildman–Crippen LogP) is 3.06. The van der Waals surface area contributed by atoms with Crippen molar-refractivity contribution >= 4 is 17.8 Å². The Hall–Kier alpha value is -3.63. The van der Waals surface area contributed by atoms with E-state index in [0.29, 0.717) is 6.29 Å². The van der Waals surface area contributed by atoms with Gasteiger partial charge in [0.25, 0.3) is 5.88 Å². The van der Waals surface area contributed by atoms with Gasteiger partial charge >= 0.3 is 12.1 Å². The number of nitrogens with zero attached hydrogens (tertiary/aromatic N) is 3. The molecule has 0 amide bonds. The molecule has 0 unspecified atom stereocenters. The Morgan fingerprint density at radius 2 is 2.11 bits per heavy atom. The number of fused-ring (bicyclic) bond motifs is 1. The normalized spacial score (nSPS) is 11.3. The summed E-state index contributed by atoms with van der Waals surface area (Å²) in [6.07, 6.45) is -1.35. The van der Waals surface area contributed by atoms with Crippen LogP contribution in [0.4, 0.5) is 13.2 Å². The van der Waals surface area contributed by atoms with E-state index in [9.17, 15) is 22.8 Å². The summed E-state index contributed by atoms with van der Waals surface area (Å²) in [5.74, 6) is -1.06. The molecule has 0 aliphatic rings. The standard InChI is InChI=1S/C17H12F3N3O5/c1-26-16(25)14-11(8-24)12-7-10(4-6-23(12)22-14)28-15-13(3-2-5-21-15)27-9-17(18,19)20/h2-8H,9H2,1H3. The Labute approximate surface area is 155 Å². The van der Waals surface area contributed by atoms with Gasteiger partial charge in [-0.2, -0.15) is 18.3 Å². The van der Waals surface area contributed by atoms with Crippen LogP contribution < -0.4 is 9.47 Å². The largest absolute Gasteiger partial charge is 0.478 e. The van der Waals surface area contributed by atoms with Crippen LogP contribution in [-0.4, -0.2) is 46.7 Å². The third kappa shape index (κ3) is 4.03. The van der Waals surface area contributed by atoms with E-state index in [1.54, 1.807) is 0 Å². The molecule has 146 valence electrons. The van der Waals surface area contributed by atoms with Crippen molar-refractivity contribution in [2.75, 3.05) is 13.7 Å². The van der Waals surface area contributed by atoms with Crippen LogP contribution in [0.1, 0.15) is 20.8 Å². The molecule has 0 aliphatic heterocycles. The summed E-state index contributed by atoms with van der Waals surface area (Å²) in [4.78, 5) is 27.0. The molecule has 28 heavy (non-hydrogen) atoms. The van der Waals surface area contributed by atoms with E-state index in [1.807, 2.05) is 0 Å². The van der Waals surface area contributed by atoms with Crippen molar-refractivity contribution in [3.8, 4) is 17.4 Å². The molecule has 3 rings (SSSR count). The number of aldehydes is 1. The van der Waals surface area contributed by atoms with Crippen molar-refractivity contribution in [3.05, 3.63) is 47.9 Å². The van der Waals surface area contributed by atoms with E-state index >= 15 is 0 Å². The third-order valence-corrected chi connectivity index (χ3v) is 3.48. The van der Waals surface area contributed by atoms with Gasteiger partial charge in [-0.1, -0.05) is 0 Å². The fourth-order valence-electron chi connectivity index (χ4n) is 2.31. The zero-order valence-corrected chi connectivity index (χ0v) is 14.3. The van der Waals surface area contributed by atoms with Crippen LogP contribution in [0.15, 0.2) is 36.7 Å². The van der Waals surface area contributed by atoms with Crippen LogP contribution in [0, 0.1) is 0 Å². The van der Waals surface area contributed by atoms with Gasteiger partial charge in [-0.05, 0) is 18.2 Å². The van der Waals surface area contributed by atoms with Gasteiger partial charge in [0, 0.05) is 18.5 Å². The first-order valence-corrected chi connectivity index (χ1v) is 7.70. The van der Waals surface area contributed by atoms with Gasteiger partial charge in [0.05, 0.1) is 18.2 Å². The first-order chi connectivity index (χ1) is 13.3. The molecule has 0 N–H and O–H groups in total. The van der Waals surface area contributed by atoms with Gasteiger partial charge < -0.3 is 14.2 Å². The molecule has 0 radical (unpaired) electrons. The van der Waals surface area contributed by atoms with Gasteiger partial charge in [-0.15, -0.1) is 0 Å². The number of methoxy groups -OCH3 is 1. The fraction of sp³-hybridized carbons (Fsp3) is 0.176. The van der Waals surface area contributed by atoms with Crippen molar-refractivity contribution < 1.29 is 37.0 Å². The maximum Gasteiger partial charge on any atom is 0.422 e. The Balaban J connectivity index is 1.93. The highest BCUT2D eigenvalue weighted by molar-refractivity contribution is 6.01. The summed E-state index contributed by atoms with van der Waals surface area (Å²) in [6.45, 7) is -1.51. The van der Waals surface area contributed by atoms with Crippen LogP contribution in [-0.2, 0) is 4.74 Å². The average Bonchev–Trinajstić information content (AvgIpc) is 3.04. The average molecular weight is 395 g/mol. The number of aromatic nitrogens is 3. The van der Waals surface area contributed by atoms with Crippen LogP contribution in [0.5, 0.6) is 17.4 Å². The lowest BCUT2D eigenvalue weighted by atomic mass is 10.2. The maximum atomic E-state index is 12.4. The topological polar surface area (TPSA) is 92.0 Å². The van der Waals surface area contributed by atoms with Gasteiger partial charge in [0.15, 0.2) is 24.3 Å². The number of hydrogen-bond acceptors (Lipinski definition) is 7. The van der Waals surface area contributed by atoms with Crippen LogP contribution in [0.3, 0.4) is 0 Å². The molecular formula is C17H12F3N3O5. The smallest absolute Gasteiger partial charge is 0.422 e. The van der Waals surface area contributed by atoms with Gasteiger partial charge in [-0.25, -0.2) is 14.3 Å². The molecule has 0 fully saturated rings. The molecule has 0 aliphatic carbocycles. The van der Waals surface area contributed by atoms with E-state index in [0.717, 1.165) is 7.11 Å². The Kier molecular flexibility index (Phi) is 5.16. The maximum absolute atomic E-state index is 12.4. The van der Waals surface area contributed by atoms with E-state index in [1.165, 1.54) is 41.2 Å². The fourth-order valence-corrected chi connectivity index (χ4v) is 2.31. The van der Waals surface area contributed by atoms with Gasteiger partial charge in [-0.3, -0.25) is 4.79 Å². The number of esters is 1. The highest BCUT2D eigenvalue weighted by Gasteiger charge is 2.29.